The predicted molar refractivity (Wildman–Crippen MR) is 99.3 cm³/mol. The molecular formula is C17H17BrN2OS. The first-order valence-electron chi connectivity index (χ1n) is 6.80. The van der Waals surface area contributed by atoms with E-state index in [1.165, 1.54) is 0 Å². The van der Waals surface area contributed by atoms with Crippen molar-refractivity contribution in [2.24, 2.45) is 0 Å². The number of thiocarbonyl (C=S) groups is 1. The van der Waals surface area contributed by atoms with Gasteiger partial charge in [0.1, 0.15) is 12.4 Å². The Morgan fingerprint density at radius 2 is 1.82 bits per heavy atom. The van der Waals surface area contributed by atoms with Crippen molar-refractivity contribution in [3.05, 3.63) is 71.2 Å². The van der Waals surface area contributed by atoms with Gasteiger partial charge in [-0.25, -0.2) is 0 Å². The molecule has 3 nitrogen and oxygen atoms in total. The summed E-state index contributed by atoms with van der Waals surface area (Å²) in [6.45, 7) is 4.81. The number of hydrogen-bond acceptors (Lipinski definition) is 2. The Hall–Kier alpha value is -1.85. The molecule has 2 rings (SSSR count). The summed E-state index contributed by atoms with van der Waals surface area (Å²) in [5.41, 5.74) is 2.03. The molecule has 0 bridgehead atoms. The molecule has 22 heavy (non-hydrogen) atoms. The van der Waals surface area contributed by atoms with Crippen LogP contribution in [0.3, 0.4) is 0 Å². The van der Waals surface area contributed by atoms with E-state index >= 15 is 0 Å². The highest BCUT2D eigenvalue weighted by atomic mass is 79.9. The molecule has 0 unspecified atom stereocenters. The fraction of sp³-hybridized carbons (Fsp3) is 0.118. The maximum Gasteiger partial charge on any atom is 0.171 e. The van der Waals surface area contributed by atoms with Gasteiger partial charge in [0.15, 0.2) is 5.11 Å². The smallest absolute Gasteiger partial charge is 0.171 e. The quantitative estimate of drug-likeness (QED) is 0.574. The molecule has 0 aliphatic carbocycles. The van der Waals surface area contributed by atoms with Crippen molar-refractivity contribution in [2.75, 3.05) is 11.9 Å². The Kier molecular flexibility index (Phi) is 6.43. The first kappa shape index (κ1) is 16.5. The van der Waals surface area contributed by atoms with Crippen LogP contribution < -0.4 is 15.4 Å². The van der Waals surface area contributed by atoms with Gasteiger partial charge in [-0.05, 0) is 54.2 Å². The van der Waals surface area contributed by atoms with Crippen LogP contribution in [0.15, 0.2) is 65.7 Å². The van der Waals surface area contributed by atoms with Crippen LogP contribution in [0.1, 0.15) is 5.56 Å². The minimum atomic E-state index is 0.529. The van der Waals surface area contributed by atoms with Gasteiger partial charge in [0.05, 0.1) is 0 Å². The van der Waals surface area contributed by atoms with E-state index in [1.807, 2.05) is 48.5 Å². The number of ether oxygens (including phenoxy) is 1. The number of hydrogen-bond donors (Lipinski definition) is 2. The van der Waals surface area contributed by atoms with Crippen LogP contribution in [0.25, 0.3) is 0 Å². The lowest BCUT2D eigenvalue weighted by Crippen LogP contribution is -2.28. The maximum absolute atomic E-state index is 5.73. The number of halogens is 1. The molecule has 0 saturated carbocycles. The Morgan fingerprint density at radius 3 is 2.45 bits per heavy atom. The molecule has 0 saturated heterocycles. The first-order valence-corrected chi connectivity index (χ1v) is 8.00. The van der Waals surface area contributed by atoms with Crippen molar-refractivity contribution in [2.45, 2.75) is 6.61 Å². The van der Waals surface area contributed by atoms with Gasteiger partial charge in [-0.15, -0.1) is 6.58 Å². The van der Waals surface area contributed by atoms with Crippen molar-refractivity contribution in [1.29, 1.82) is 0 Å². The topological polar surface area (TPSA) is 33.3 Å². The van der Waals surface area contributed by atoms with Crippen molar-refractivity contribution in [1.82, 2.24) is 5.32 Å². The van der Waals surface area contributed by atoms with E-state index < -0.39 is 0 Å². The van der Waals surface area contributed by atoms with E-state index in [2.05, 4.69) is 33.1 Å². The highest BCUT2D eigenvalue weighted by Crippen LogP contribution is 2.18. The number of rotatable bonds is 6. The number of anilines is 1. The summed E-state index contributed by atoms with van der Waals surface area (Å²) < 4.78 is 6.77. The first-order chi connectivity index (χ1) is 10.7. The molecule has 0 atom stereocenters. The summed E-state index contributed by atoms with van der Waals surface area (Å²) in [5, 5.41) is 6.71. The van der Waals surface area contributed by atoms with E-state index in [1.54, 1.807) is 6.08 Å². The van der Waals surface area contributed by atoms with Crippen molar-refractivity contribution >= 4 is 38.9 Å². The zero-order valence-electron chi connectivity index (χ0n) is 12.0. The molecule has 0 fully saturated rings. The molecule has 0 heterocycles. The molecule has 2 aromatic carbocycles. The molecule has 0 aliphatic rings. The predicted octanol–water partition coefficient (Wildman–Crippen LogP) is 4.50. The molecule has 5 heteroatoms. The van der Waals surface area contributed by atoms with Crippen molar-refractivity contribution in [3.63, 3.8) is 0 Å². The van der Waals surface area contributed by atoms with Crippen LogP contribution in [0.2, 0.25) is 0 Å². The highest BCUT2D eigenvalue weighted by Gasteiger charge is 1.99. The second-order valence-corrected chi connectivity index (χ2v) is 5.89. The van der Waals surface area contributed by atoms with Gasteiger partial charge in [-0.3, -0.25) is 0 Å². The number of nitrogens with one attached hydrogen (secondary N) is 2. The lowest BCUT2D eigenvalue weighted by atomic mass is 10.2. The van der Waals surface area contributed by atoms with Gasteiger partial charge in [-0.1, -0.05) is 34.1 Å². The SMILES string of the molecule is C=CCNC(=S)Nc1ccc(COc2ccc(Br)cc2)cc1. The Morgan fingerprint density at radius 1 is 1.14 bits per heavy atom. The average molecular weight is 377 g/mol. The van der Waals surface area contributed by atoms with Crippen LogP contribution in [0.4, 0.5) is 5.69 Å². The molecule has 2 N–H and O–H groups in total. The summed E-state index contributed by atoms with van der Waals surface area (Å²) >= 11 is 8.56. The second-order valence-electron chi connectivity index (χ2n) is 4.56. The summed E-state index contributed by atoms with van der Waals surface area (Å²) in [7, 11) is 0. The van der Waals surface area contributed by atoms with Crippen LogP contribution in [-0.2, 0) is 6.61 Å². The van der Waals surface area contributed by atoms with Crippen molar-refractivity contribution < 1.29 is 4.74 Å². The Balaban J connectivity index is 1.85. The standard InChI is InChI=1S/C17H17BrN2OS/c1-2-11-19-17(22)20-15-7-3-13(4-8-15)12-21-16-9-5-14(18)6-10-16/h2-10H,1,11-12H2,(H2,19,20,22). The molecule has 0 aliphatic heterocycles. The normalized spacial score (nSPS) is 9.86. The van der Waals surface area contributed by atoms with Gasteiger partial charge < -0.3 is 15.4 Å². The zero-order valence-corrected chi connectivity index (χ0v) is 14.4. The van der Waals surface area contributed by atoms with E-state index in [-0.39, 0.29) is 0 Å². The third kappa shape index (κ3) is 5.50. The molecule has 0 radical (unpaired) electrons. The molecule has 0 amide bonds. The third-order valence-electron chi connectivity index (χ3n) is 2.84. The average Bonchev–Trinajstić information content (AvgIpc) is 2.54. The van der Waals surface area contributed by atoms with Gasteiger partial charge >= 0.3 is 0 Å². The van der Waals surface area contributed by atoms with Gasteiger partial charge in [-0.2, -0.15) is 0 Å². The lowest BCUT2D eigenvalue weighted by molar-refractivity contribution is 0.306. The summed E-state index contributed by atoms with van der Waals surface area (Å²) in [4.78, 5) is 0. The fourth-order valence-electron chi connectivity index (χ4n) is 1.72. The van der Waals surface area contributed by atoms with Gasteiger partial charge in [0.25, 0.3) is 0 Å². The molecule has 0 aromatic heterocycles. The minimum Gasteiger partial charge on any atom is -0.489 e. The third-order valence-corrected chi connectivity index (χ3v) is 3.61. The van der Waals surface area contributed by atoms with E-state index in [4.69, 9.17) is 17.0 Å². The van der Waals surface area contributed by atoms with Crippen molar-refractivity contribution in [3.8, 4) is 5.75 Å². The maximum atomic E-state index is 5.73. The Labute approximate surface area is 144 Å². The molecular weight excluding hydrogens is 360 g/mol. The van der Waals surface area contributed by atoms with Gasteiger partial charge in [0.2, 0.25) is 0 Å². The summed E-state index contributed by atoms with van der Waals surface area (Å²) in [6, 6.07) is 15.8. The zero-order chi connectivity index (χ0) is 15.8. The van der Waals surface area contributed by atoms with E-state index in [0.29, 0.717) is 18.3 Å². The minimum absolute atomic E-state index is 0.529. The van der Waals surface area contributed by atoms with E-state index in [9.17, 15) is 0 Å². The van der Waals surface area contributed by atoms with Crippen LogP contribution in [0, 0.1) is 0 Å². The summed E-state index contributed by atoms with van der Waals surface area (Å²) in [5.74, 6) is 0.847. The van der Waals surface area contributed by atoms with Crippen LogP contribution in [-0.4, -0.2) is 11.7 Å². The second kappa shape index (κ2) is 8.56. The van der Waals surface area contributed by atoms with Crippen LogP contribution in [0.5, 0.6) is 5.75 Å². The van der Waals surface area contributed by atoms with Gasteiger partial charge in [0, 0.05) is 16.7 Å². The van der Waals surface area contributed by atoms with Crippen LogP contribution >= 0.6 is 28.1 Å². The van der Waals surface area contributed by atoms with E-state index in [0.717, 1.165) is 21.5 Å². The fourth-order valence-corrected chi connectivity index (χ4v) is 2.19. The number of benzene rings is 2. The Bertz CT molecular complexity index is 626. The highest BCUT2D eigenvalue weighted by molar-refractivity contribution is 9.10. The largest absolute Gasteiger partial charge is 0.489 e. The molecule has 114 valence electrons. The summed E-state index contributed by atoms with van der Waals surface area (Å²) in [6.07, 6.45) is 1.76. The molecule has 0 spiro atoms. The lowest BCUT2D eigenvalue weighted by Gasteiger charge is -2.10. The molecule has 2 aromatic rings. The monoisotopic (exact) mass is 376 g/mol.